The quantitative estimate of drug-likeness (QED) is 0.232. The Hall–Kier alpha value is 0.310. The number of halogens is 1. The normalized spacial score (nSPS) is 21.5. The number of aliphatic imine (C=N–C) groups is 1. The largest absolute Gasteiger partial charge is 0.356 e. The van der Waals surface area contributed by atoms with Gasteiger partial charge in [0.25, 0.3) is 0 Å². The minimum Gasteiger partial charge on any atom is -0.356 e. The summed E-state index contributed by atoms with van der Waals surface area (Å²) in [6.07, 6.45) is 5.03. The first-order valence-corrected chi connectivity index (χ1v) is 10.4. The fourth-order valence-electron chi connectivity index (χ4n) is 3.43. The molecule has 6 heteroatoms. The number of nitrogens with one attached hydrogen (secondary N) is 2. The summed E-state index contributed by atoms with van der Waals surface area (Å²) in [6, 6.07) is 1.81. The maximum atomic E-state index is 4.38. The van der Waals surface area contributed by atoms with Crippen LogP contribution in [0.4, 0.5) is 0 Å². The van der Waals surface area contributed by atoms with Crippen molar-refractivity contribution in [2.45, 2.75) is 83.7 Å². The SMILES string of the molecule is CCSC1CCC(NC(=NC)NCCCN(C(C)C)C(C)C)C1.I. The second kappa shape index (κ2) is 13.5. The van der Waals surface area contributed by atoms with Crippen LogP contribution in [0.15, 0.2) is 4.99 Å². The molecule has 1 rings (SSSR count). The Morgan fingerprint density at radius 2 is 1.88 bits per heavy atom. The molecule has 0 saturated heterocycles. The average molecular weight is 471 g/mol. The van der Waals surface area contributed by atoms with Crippen LogP contribution in [0.5, 0.6) is 0 Å². The predicted octanol–water partition coefficient (Wildman–Crippen LogP) is 3.95. The van der Waals surface area contributed by atoms with Crippen molar-refractivity contribution in [3.63, 3.8) is 0 Å². The highest BCUT2D eigenvalue weighted by molar-refractivity contribution is 14.0. The summed E-state index contributed by atoms with van der Waals surface area (Å²) >= 11 is 2.10. The maximum Gasteiger partial charge on any atom is 0.191 e. The van der Waals surface area contributed by atoms with E-state index in [2.05, 4.69) is 66.9 Å². The summed E-state index contributed by atoms with van der Waals surface area (Å²) in [5.74, 6) is 2.20. The van der Waals surface area contributed by atoms with Gasteiger partial charge in [-0.15, -0.1) is 24.0 Å². The Balaban J connectivity index is 0.00000529. The van der Waals surface area contributed by atoms with Gasteiger partial charge in [-0.25, -0.2) is 0 Å². The van der Waals surface area contributed by atoms with Crippen molar-refractivity contribution in [1.82, 2.24) is 15.5 Å². The third-order valence-corrected chi connectivity index (χ3v) is 5.80. The Morgan fingerprint density at radius 3 is 2.42 bits per heavy atom. The molecule has 0 aliphatic heterocycles. The molecule has 144 valence electrons. The molecule has 1 aliphatic carbocycles. The number of hydrogen-bond donors (Lipinski definition) is 2. The van der Waals surface area contributed by atoms with E-state index < -0.39 is 0 Å². The fraction of sp³-hybridized carbons (Fsp3) is 0.944. The summed E-state index contributed by atoms with van der Waals surface area (Å²) in [5.41, 5.74) is 0. The van der Waals surface area contributed by atoms with E-state index in [0.717, 1.165) is 30.7 Å². The first-order chi connectivity index (χ1) is 11.0. The molecule has 0 aromatic heterocycles. The molecule has 0 spiro atoms. The summed E-state index contributed by atoms with van der Waals surface area (Å²) in [7, 11) is 1.87. The second-order valence-electron chi connectivity index (χ2n) is 7.01. The molecule has 2 atom stereocenters. The number of rotatable bonds is 9. The standard InChI is InChI=1S/C18H38N4S.HI/c1-7-23-17-10-9-16(13-17)21-18(19-6)20-11-8-12-22(14(2)3)15(4)5;/h14-17H,7-13H2,1-6H3,(H2,19,20,21);1H. The number of nitrogens with zero attached hydrogens (tertiary/aromatic N) is 2. The molecule has 0 aromatic carbocycles. The first kappa shape index (κ1) is 24.3. The smallest absolute Gasteiger partial charge is 0.191 e. The van der Waals surface area contributed by atoms with E-state index in [1.165, 1.54) is 25.0 Å². The number of guanidine groups is 1. The Labute approximate surface area is 171 Å². The fourth-order valence-corrected chi connectivity index (χ4v) is 4.57. The lowest BCUT2D eigenvalue weighted by atomic mass is 10.2. The average Bonchev–Trinajstić information content (AvgIpc) is 2.92. The van der Waals surface area contributed by atoms with Crippen LogP contribution in [-0.4, -0.2) is 60.1 Å². The van der Waals surface area contributed by atoms with Gasteiger partial charge in [0.05, 0.1) is 0 Å². The second-order valence-corrected chi connectivity index (χ2v) is 8.59. The van der Waals surface area contributed by atoms with E-state index in [1.807, 2.05) is 7.05 Å². The monoisotopic (exact) mass is 470 g/mol. The zero-order chi connectivity index (χ0) is 17.2. The molecule has 2 N–H and O–H groups in total. The van der Waals surface area contributed by atoms with Crippen molar-refractivity contribution in [1.29, 1.82) is 0 Å². The molecule has 2 unspecified atom stereocenters. The van der Waals surface area contributed by atoms with Gasteiger partial charge in [-0.2, -0.15) is 11.8 Å². The highest BCUT2D eigenvalue weighted by atomic mass is 127. The molecule has 0 aromatic rings. The van der Waals surface area contributed by atoms with Gasteiger partial charge in [0.1, 0.15) is 0 Å². The van der Waals surface area contributed by atoms with Crippen LogP contribution >= 0.6 is 35.7 Å². The summed E-state index contributed by atoms with van der Waals surface area (Å²) in [4.78, 5) is 6.93. The van der Waals surface area contributed by atoms with E-state index in [0.29, 0.717) is 18.1 Å². The number of hydrogen-bond acceptors (Lipinski definition) is 3. The van der Waals surface area contributed by atoms with Crippen molar-refractivity contribution in [3.8, 4) is 0 Å². The van der Waals surface area contributed by atoms with Gasteiger partial charge in [-0.3, -0.25) is 9.89 Å². The van der Waals surface area contributed by atoms with Gasteiger partial charge in [0.2, 0.25) is 0 Å². The van der Waals surface area contributed by atoms with Gasteiger partial charge in [-0.05, 0) is 59.1 Å². The van der Waals surface area contributed by atoms with Crippen LogP contribution in [-0.2, 0) is 0 Å². The maximum absolute atomic E-state index is 4.38. The predicted molar refractivity (Wildman–Crippen MR) is 121 cm³/mol. The molecular formula is C18H39IN4S. The third kappa shape index (κ3) is 9.13. The van der Waals surface area contributed by atoms with Crippen LogP contribution < -0.4 is 10.6 Å². The van der Waals surface area contributed by atoms with Crippen molar-refractivity contribution in [3.05, 3.63) is 0 Å². The first-order valence-electron chi connectivity index (χ1n) is 9.32. The molecule has 4 nitrogen and oxygen atoms in total. The highest BCUT2D eigenvalue weighted by Gasteiger charge is 2.25. The van der Waals surface area contributed by atoms with Gasteiger partial charge in [0.15, 0.2) is 5.96 Å². The zero-order valence-electron chi connectivity index (χ0n) is 16.5. The molecule has 0 bridgehead atoms. The van der Waals surface area contributed by atoms with Gasteiger partial charge in [-0.1, -0.05) is 6.92 Å². The van der Waals surface area contributed by atoms with E-state index >= 15 is 0 Å². The third-order valence-electron chi connectivity index (χ3n) is 4.56. The van der Waals surface area contributed by atoms with E-state index in [1.54, 1.807) is 0 Å². The molecule has 0 amide bonds. The van der Waals surface area contributed by atoms with Crippen LogP contribution in [0.1, 0.15) is 60.3 Å². The molecule has 1 saturated carbocycles. The van der Waals surface area contributed by atoms with Crippen molar-refractivity contribution >= 4 is 41.7 Å². The molecular weight excluding hydrogens is 431 g/mol. The lowest BCUT2D eigenvalue weighted by molar-refractivity contribution is 0.173. The topological polar surface area (TPSA) is 39.7 Å². The van der Waals surface area contributed by atoms with Crippen molar-refractivity contribution in [2.75, 3.05) is 25.9 Å². The molecule has 1 fully saturated rings. The van der Waals surface area contributed by atoms with Gasteiger partial charge < -0.3 is 10.6 Å². The lowest BCUT2D eigenvalue weighted by Crippen LogP contribution is -2.44. The van der Waals surface area contributed by atoms with Crippen molar-refractivity contribution < 1.29 is 0 Å². The lowest BCUT2D eigenvalue weighted by Gasteiger charge is -2.30. The molecule has 24 heavy (non-hydrogen) atoms. The Kier molecular flexibility index (Phi) is 13.7. The van der Waals surface area contributed by atoms with Gasteiger partial charge >= 0.3 is 0 Å². The minimum absolute atomic E-state index is 0. The minimum atomic E-state index is 0. The van der Waals surface area contributed by atoms with Crippen LogP contribution in [0.2, 0.25) is 0 Å². The van der Waals surface area contributed by atoms with Crippen molar-refractivity contribution in [2.24, 2.45) is 4.99 Å². The van der Waals surface area contributed by atoms with Crippen LogP contribution in [0.25, 0.3) is 0 Å². The van der Waals surface area contributed by atoms with E-state index in [9.17, 15) is 0 Å². The Morgan fingerprint density at radius 1 is 1.21 bits per heavy atom. The zero-order valence-corrected chi connectivity index (χ0v) is 19.6. The van der Waals surface area contributed by atoms with Gasteiger partial charge in [0, 0.05) is 43.5 Å². The highest BCUT2D eigenvalue weighted by Crippen LogP contribution is 2.29. The number of thioether (sulfide) groups is 1. The summed E-state index contributed by atoms with van der Waals surface area (Å²) in [6.45, 7) is 13.5. The van der Waals surface area contributed by atoms with Crippen LogP contribution in [0, 0.1) is 0 Å². The molecule has 0 radical (unpaired) electrons. The molecule has 1 aliphatic rings. The summed E-state index contributed by atoms with van der Waals surface area (Å²) < 4.78 is 0. The summed E-state index contributed by atoms with van der Waals surface area (Å²) in [5, 5.41) is 7.92. The van der Waals surface area contributed by atoms with Crippen LogP contribution in [0.3, 0.4) is 0 Å². The van der Waals surface area contributed by atoms with E-state index in [4.69, 9.17) is 0 Å². The van der Waals surface area contributed by atoms with E-state index in [-0.39, 0.29) is 24.0 Å². The Bertz CT molecular complexity index is 342. The molecule has 0 heterocycles.